The second-order valence-electron chi connectivity index (χ2n) is 5.59. The van der Waals surface area contributed by atoms with E-state index in [1.165, 1.54) is 0 Å². The molecule has 0 spiro atoms. The van der Waals surface area contributed by atoms with Gasteiger partial charge in [0.2, 0.25) is 5.91 Å². The molecule has 1 amide bonds. The first kappa shape index (κ1) is 16.1. The van der Waals surface area contributed by atoms with E-state index < -0.39 is 0 Å². The summed E-state index contributed by atoms with van der Waals surface area (Å²) in [6.07, 6.45) is 2.18. The fraction of sp³-hybridized carbons (Fsp3) is 0.533. The van der Waals surface area contributed by atoms with Crippen LogP contribution in [-0.4, -0.2) is 21.7 Å². The number of hydrogen-bond donors (Lipinski definition) is 0. The highest BCUT2D eigenvalue weighted by Gasteiger charge is 2.35. The van der Waals surface area contributed by atoms with Crippen molar-refractivity contribution in [1.82, 2.24) is 4.90 Å². The molecule has 0 saturated heterocycles. The Morgan fingerprint density at radius 1 is 1.35 bits per heavy atom. The van der Waals surface area contributed by atoms with Crippen molar-refractivity contribution in [3.63, 3.8) is 0 Å². The number of benzene rings is 1. The van der Waals surface area contributed by atoms with E-state index in [4.69, 9.17) is 23.2 Å². The largest absolute Gasteiger partial charge is 0.334 e. The molecule has 1 aromatic carbocycles. The Labute approximate surface area is 138 Å². The molecule has 20 heavy (non-hydrogen) atoms. The summed E-state index contributed by atoms with van der Waals surface area (Å²) in [5, 5.41) is 1.08. The molecule has 1 fully saturated rings. The van der Waals surface area contributed by atoms with E-state index in [0.29, 0.717) is 22.6 Å². The summed E-state index contributed by atoms with van der Waals surface area (Å²) in [6, 6.07) is 5.92. The maximum absolute atomic E-state index is 12.5. The Kier molecular flexibility index (Phi) is 5.38. The Morgan fingerprint density at radius 3 is 2.50 bits per heavy atom. The molecule has 1 saturated carbocycles. The number of nitrogens with zero attached hydrogens (tertiary/aromatic N) is 1. The van der Waals surface area contributed by atoms with Crippen LogP contribution in [-0.2, 0) is 11.3 Å². The van der Waals surface area contributed by atoms with Gasteiger partial charge in [0.05, 0.1) is 14.9 Å². The summed E-state index contributed by atoms with van der Waals surface area (Å²) >= 11 is 15.5. The molecular weight excluding hydrogens is 361 g/mol. The zero-order valence-corrected chi connectivity index (χ0v) is 14.7. The van der Waals surface area contributed by atoms with E-state index in [-0.39, 0.29) is 16.7 Å². The topological polar surface area (TPSA) is 20.3 Å². The molecule has 0 aliphatic heterocycles. The summed E-state index contributed by atoms with van der Waals surface area (Å²) < 4.78 is 0. The molecule has 2 rings (SSSR count). The molecule has 1 atom stereocenters. The molecule has 0 radical (unpaired) electrons. The van der Waals surface area contributed by atoms with E-state index >= 15 is 0 Å². The highest BCUT2D eigenvalue weighted by atomic mass is 79.9. The molecule has 5 heteroatoms. The van der Waals surface area contributed by atoms with Gasteiger partial charge in [-0.25, -0.2) is 0 Å². The summed E-state index contributed by atoms with van der Waals surface area (Å²) in [6.45, 7) is 4.68. The monoisotopic (exact) mass is 377 g/mol. The number of amides is 1. The van der Waals surface area contributed by atoms with E-state index in [0.717, 1.165) is 18.4 Å². The van der Waals surface area contributed by atoms with Crippen LogP contribution in [0.3, 0.4) is 0 Å². The first-order chi connectivity index (χ1) is 9.40. The van der Waals surface area contributed by atoms with Crippen molar-refractivity contribution in [1.29, 1.82) is 0 Å². The minimum absolute atomic E-state index is 0.133. The fourth-order valence-corrected chi connectivity index (χ4v) is 2.64. The van der Waals surface area contributed by atoms with Gasteiger partial charge in [-0.1, -0.05) is 59.0 Å². The van der Waals surface area contributed by atoms with Crippen molar-refractivity contribution in [3.8, 4) is 0 Å². The van der Waals surface area contributed by atoms with Crippen LogP contribution in [0.15, 0.2) is 18.2 Å². The van der Waals surface area contributed by atoms with E-state index in [1.54, 1.807) is 6.07 Å². The normalized spacial score (nSPS) is 16.3. The third-order valence-electron chi connectivity index (χ3n) is 3.43. The van der Waals surface area contributed by atoms with Crippen LogP contribution < -0.4 is 0 Å². The minimum Gasteiger partial charge on any atom is -0.334 e. The van der Waals surface area contributed by atoms with Crippen molar-refractivity contribution >= 4 is 45.0 Å². The maximum Gasteiger partial charge on any atom is 0.237 e. The van der Waals surface area contributed by atoms with Gasteiger partial charge in [-0.3, -0.25) is 4.79 Å². The van der Waals surface area contributed by atoms with Crippen molar-refractivity contribution in [2.45, 2.75) is 44.1 Å². The van der Waals surface area contributed by atoms with Crippen LogP contribution in [0.1, 0.15) is 32.3 Å². The van der Waals surface area contributed by atoms with Crippen LogP contribution in [0.4, 0.5) is 0 Å². The standard InChI is InChI=1S/C15H18BrCl2NO/c1-9(2)14(16)15(20)19(11-4-5-11)8-10-3-6-12(17)13(18)7-10/h3,6-7,9,11,14H,4-5,8H2,1-2H3. The first-order valence-electron chi connectivity index (χ1n) is 6.78. The van der Waals surface area contributed by atoms with Gasteiger partial charge < -0.3 is 4.90 Å². The lowest BCUT2D eigenvalue weighted by atomic mass is 10.1. The molecule has 1 unspecified atom stereocenters. The number of rotatable bonds is 5. The van der Waals surface area contributed by atoms with E-state index in [9.17, 15) is 4.79 Å². The third kappa shape index (κ3) is 3.90. The molecule has 1 aromatic rings. The Hall–Kier alpha value is -0.250. The van der Waals surface area contributed by atoms with Gasteiger partial charge in [0.15, 0.2) is 0 Å². The van der Waals surface area contributed by atoms with E-state index in [2.05, 4.69) is 15.9 Å². The summed E-state index contributed by atoms with van der Waals surface area (Å²) in [5.41, 5.74) is 1.02. The highest BCUT2D eigenvalue weighted by molar-refractivity contribution is 9.10. The Morgan fingerprint density at radius 2 is 2.00 bits per heavy atom. The quantitative estimate of drug-likeness (QED) is 0.667. The third-order valence-corrected chi connectivity index (χ3v) is 5.62. The highest BCUT2D eigenvalue weighted by Crippen LogP contribution is 2.32. The van der Waals surface area contributed by atoms with Gasteiger partial charge in [-0.15, -0.1) is 0 Å². The summed E-state index contributed by atoms with van der Waals surface area (Å²) in [7, 11) is 0. The van der Waals surface area contributed by atoms with Crippen LogP contribution >= 0.6 is 39.1 Å². The van der Waals surface area contributed by atoms with Crippen LogP contribution in [0.5, 0.6) is 0 Å². The Balaban J connectivity index is 2.13. The van der Waals surface area contributed by atoms with Gasteiger partial charge in [-0.2, -0.15) is 0 Å². The molecular formula is C15H18BrCl2NO. The average Bonchev–Trinajstić information content (AvgIpc) is 3.22. The first-order valence-corrected chi connectivity index (χ1v) is 8.45. The molecule has 110 valence electrons. The van der Waals surface area contributed by atoms with Gasteiger partial charge >= 0.3 is 0 Å². The van der Waals surface area contributed by atoms with E-state index in [1.807, 2.05) is 30.9 Å². The van der Waals surface area contributed by atoms with Gasteiger partial charge in [0.25, 0.3) is 0 Å². The molecule has 0 heterocycles. The van der Waals surface area contributed by atoms with Gasteiger partial charge in [0, 0.05) is 12.6 Å². The zero-order valence-electron chi connectivity index (χ0n) is 11.6. The number of carbonyl (C=O) groups excluding carboxylic acids is 1. The summed E-state index contributed by atoms with van der Waals surface area (Å²) in [5.74, 6) is 0.436. The van der Waals surface area contributed by atoms with Gasteiger partial charge in [0.1, 0.15) is 0 Å². The van der Waals surface area contributed by atoms with Crippen molar-refractivity contribution < 1.29 is 4.79 Å². The molecule has 2 nitrogen and oxygen atoms in total. The lowest BCUT2D eigenvalue weighted by Gasteiger charge is -2.26. The van der Waals surface area contributed by atoms with Crippen LogP contribution in [0.25, 0.3) is 0 Å². The predicted octanol–water partition coefficient (Wildman–Crippen LogP) is 4.90. The lowest BCUT2D eigenvalue weighted by molar-refractivity contribution is -0.132. The number of halogens is 3. The van der Waals surface area contributed by atoms with Crippen molar-refractivity contribution in [2.24, 2.45) is 5.92 Å². The van der Waals surface area contributed by atoms with Gasteiger partial charge in [-0.05, 0) is 36.5 Å². The lowest BCUT2D eigenvalue weighted by Crippen LogP contribution is -2.39. The number of alkyl halides is 1. The zero-order chi connectivity index (χ0) is 14.9. The van der Waals surface area contributed by atoms with Crippen LogP contribution in [0, 0.1) is 5.92 Å². The predicted molar refractivity (Wildman–Crippen MR) is 87.6 cm³/mol. The second-order valence-corrected chi connectivity index (χ2v) is 7.39. The molecule has 0 bridgehead atoms. The van der Waals surface area contributed by atoms with Crippen molar-refractivity contribution in [2.75, 3.05) is 0 Å². The minimum atomic E-state index is -0.133. The molecule has 1 aliphatic carbocycles. The number of carbonyl (C=O) groups is 1. The summed E-state index contributed by atoms with van der Waals surface area (Å²) in [4.78, 5) is 14.4. The molecule has 0 aromatic heterocycles. The second kappa shape index (κ2) is 6.67. The van der Waals surface area contributed by atoms with Crippen molar-refractivity contribution in [3.05, 3.63) is 33.8 Å². The average molecular weight is 379 g/mol. The maximum atomic E-state index is 12.5. The molecule has 1 aliphatic rings. The molecule has 0 N–H and O–H groups in total. The number of hydrogen-bond acceptors (Lipinski definition) is 1. The smallest absolute Gasteiger partial charge is 0.237 e. The Bertz CT molecular complexity index is 503. The SMILES string of the molecule is CC(C)C(Br)C(=O)N(Cc1ccc(Cl)c(Cl)c1)C1CC1. The fourth-order valence-electron chi connectivity index (χ4n) is 2.05. The van der Waals surface area contributed by atoms with Crippen LogP contribution in [0.2, 0.25) is 10.0 Å².